The number of imidazole rings is 1. The van der Waals surface area contributed by atoms with Crippen molar-refractivity contribution in [3.05, 3.63) is 41.3 Å². The SMILES string of the molecule is CCc1ccc(-c2nc(C(C)=O)[nH]c2C)cc1. The van der Waals surface area contributed by atoms with Crippen molar-refractivity contribution in [3.8, 4) is 11.3 Å². The molecule has 1 aromatic carbocycles. The van der Waals surface area contributed by atoms with E-state index in [1.54, 1.807) is 0 Å². The minimum atomic E-state index is -0.0375. The summed E-state index contributed by atoms with van der Waals surface area (Å²) in [6.45, 7) is 5.58. The Bertz CT molecular complexity index is 538. The maximum atomic E-state index is 11.2. The van der Waals surface area contributed by atoms with Gasteiger partial charge in [0.2, 0.25) is 0 Å². The lowest BCUT2D eigenvalue weighted by Crippen LogP contribution is -1.94. The summed E-state index contributed by atoms with van der Waals surface area (Å²) >= 11 is 0. The van der Waals surface area contributed by atoms with E-state index in [-0.39, 0.29) is 5.78 Å². The number of ketones is 1. The van der Waals surface area contributed by atoms with Crippen LogP contribution < -0.4 is 0 Å². The van der Waals surface area contributed by atoms with Crippen LogP contribution in [0.15, 0.2) is 24.3 Å². The Labute approximate surface area is 101 Å². The zero-order valence-electron chi connectivity index (χ0n) is 10.4. The maximum absolute atomic E-state index is 11.2. The summed E-state index contributed by atoms with van der Waals surface area (Å²) < 4.78 is 0. The van der Waals surface area contributed by atoms with Crippen molar-refractivity contribution in [2.24, 2.45) is 0 Å². The van der Waals surface area contributed by atoms with E-state index in [2.05, 4.69) is 29.0 Å². The summed E-state index contributed by atoms with van der Waals surface area (Å²) in [7, 11) is 0. The third kappa shape index (κ3) is 2.28. The molecule has 17 heavy (non-hydrogen) atoms. The topological polar surface area (TPSA) is 45.8 Å². The van der Waals surface area contributed by atoms with Gasteiger partial charge in [0, 0.05) is 18.2 Å². The Kier molecular flexibility index (Phi) is 3.09. The molecule has 0 saturated carbocycles. The summed E-state index contributed by atoms with van der Waals surface area (Å²) in [4.78, 5) is 18.6. The molecule has 1 aromatic heterocycles. The van der Waals surface area contributed by atoms with Crippen molar-refractivity contribution < 1.29 is 4.79 Å². The van der Waals surface area contributed by atoms with Gasteiger partial charge >= 0.3 is 0 Å². The standard InChI is InChI=1S/C14H16N2O/c1-4-11-5-7-12(8-6-11)13-9(2)15-14(16-13)10(3)17/h5-8H,4H2,1-3H3,(H,15,16). The van der Waals surface area contributed by atoms with Gasteiger partial charge in [0.15, 0.2) is 11.6 Å². The van der Waals surface area contributed by atoms with Gasteiger partial charge in [-0.3, -0.25) is 4.79 Å². The predicted molar refractivity (Wildman–Crippen MR) is 68.1 cm³/mol. The number of aryl methyl sites for hydroxylation is 2. The smallest absolute Gasteiger partial charge is 0.195 e. The third-order valence-electron chi connectivity index (χ3n) is 2.85. The first-order chi connectivity index (χ1) is 8.11. The monoisotopic (exact) mass is 228 g/mol. The van der Waals surface area contributed by atoms with Gasteiger partial charge in [0.05, 0.1) is 5.69 Å². The van der Waals surface area contributed by atoms with Gasteiger partial charge in [-0.25, -0.2) is 4.98 Å². The fourth-order valence-corrected chi connectivity index (χ4v) is 1.81. The summed E-state index contributed by atoms with van der Waals surface area (Å²) in [5.41, 5.74) is 4.13. The molecule has 0 amide bonds. The Hall–Kier alpha value is -1.90. The third-order valence-corrected chi connectivity index (χ3v) is 2.85. The highest BCUT2D eigenvalue weighted by Crippen LogP contribution is 2.21. The second kappa shape index (κ2) is 4.53. The van der Waals surface area contributed by atoms with E-state index in [0.717, 1.165) is 23.4 Å². The van der Waals surface area contributed by atoms with Gasteiger partial charge in [-0.15, -0.1) is 0 Å². The van der Waals surface area contributed by atoms with E-state index in [4.69, 9.17) is 0 Å². The van der Waals surface area contributed by atoms with Gasteiger partial charge in [-0.1, -0.05) is 31.2 Å². The molecule has 2 aromatic rings. The number of carbonyl (C=O) groups is 1. The van der Waals surface area contributed by atoms with Gasteiger partial charge in [0.1, 0.15) is 0 Å². The highest BCUT2D eigenvalue weighted by molar-refractivity contribution is 5.91. The number of nitrogens with zero attached hydrogens (tertiary/aromatic N) is 1. The molecule has 0 fully saturated rings. The number of hydrogen-bond acceptors (Lipinski definition) is 2. The molecule has 0 aliphatic carbocycles. The molecule has 1 heterocycles. The zero-order chi connectivity index (χ0) is 12.4. The average Bonchev–Trinajstić information content (AvgIpc) is 2.72. The summed E-state index contributed by atoms with van der Waals surface area (Å²) in [5.74, 6) is 0.390. The fourth-order valence-electron chi connectivity index (χ4n) is 1.81. The van der Waals surface area contributed by atoms with Gasteiger partial charge in [0.25, 0.3) is 0 Å². The first-order valence-electron chi connectivity index (χ1n) is 5.78. The lowest BCUT2D eigenvalue weighted by molar-refractivity contribution is 0.100. The van der Waals surface area contributed by atoms with E-state index in [1.807, 2.05) is 19.1 Å². The van der Waals surface area contributed by atoms with Crippen LogP contribution in [-0.2, 0) is 6.42 Å². The van der Waals surface area contributed by atoms with Crippen LogP contribution in [0.25, 0.3) is 11.3 Å². The molecule has 2 rings (SSSR count). The van der Waals surface area contributed by atoms with Crippen LogP contribution in [0.4, 0.5) is 0 Å². The van der Waals surface area contributed by atoms with Crippen LogP contribution in [-0.4, -0.2) is 15.8 Å². The summed E-state index contributed by atoms with van der Waals surface area (Å²) in [6, 6.07) is 8.28. The van der Waals surface area contributed by atoms with Crippen molar-refractivity contribution in [2.75, 3.05) is 0 Å². The number of rotatable bonds is 3. The Morgan fingerprint density at radius 1 is 1.29 bits per heavy atom. The van der Waals surface area contributed by atoms with E-state index in [1.165, 1.54) is 12.5 Å². The second-order valence-corrected chi connectivity index (χ2v) is 4.17. The van der Waals surface area contributed by atoms with Crippen LogP contribution in [0.5, 0.6) is 0 Å². The van der Waals surface area contributed by atoms with E-state index in [9.17, 15) is 4.79 Å². The molecule has 3 heteroatoms. The number of Topliss-reactive ketones (excluding diaryl/α,β-unsaturated/α-hetero) is 1. The van der Waals surface area contributed by atoms with Gasteiger partial charge in [-0.2, -0.15) is 0 Å². The molecule has 0 unspecified atom stereocenters. The zero-order valence-corrected chi connectivity index (χ0v) is 10.4. The van der Waals surface area contributed by atoms with Crippen molar-refractivity contribution in [1.82, 2.24) is 9.97 Å². The van der Waals surface area contributed by atoms with Crippen molar-refractivity contribution in [1.29, 1.82) is 0 Å². The molecule has 3 nitrogen and oxygen atoms in total. The molecule has 0 bridgehead atoms. The minimum absolute atomic E-state index is 0.0375. The summed E-state index contributed by atoms with van der Waals surface area (Å²) in [6.07, 6.45) is 1.03. The van der Waals surface area contributed by atoms with E-state index >= 15 is 0 Å². The number of aromatic nitrogens is 2. The molecular weight excluding hydrogens is 212 g/mol. The van der Waals surface area contributed by atoms with Crippen LogP contribution in [0.1, 0.15) is 35.7 Å². The fraction of sp³-hybridized carbons (Fsp3) is 0.286. The highest BCUT2D eigenvalue weighted by atomic mass is 16.1. The molecule has 0 saturated heterocycles. The van der Waals surface area contributed by atoms with Crippen LogP contribution >= 0.6 is 0 Å². The first kappa shape index (κ1) is 11.6. The van der Waals surface area contributed by atoms with Crippen LogP contribution in [0, 0.1) is 6.92 Å². The molecule has 88 valence electrons. The number of H-pyrrole nitrogens is 1. The van der Waals surface area contributed by atoms with Crippen LogP contribution in [0.2, 0.25) is 0 Å². The van der Waals surface area contributed by atoms with Gasteiger partial charge in [-0.05, 0) is 18.9 Å². The van der Waals surface area contributed by atoms with E-state index < -0.39 is 0 Å². The molecule has 0 aliphatic rings. The maximum Gasteiger partial charge on any atom is 0.195 e. The van der Waals surface area contributed by atoms with Crippen molar-refractivity contribution in [2.45, 2.75) is 27.2 Å². The Morgan fingerprint density at radius 2 is 1.94 bits per heavy atom. The number of benzene rings is 1. The number of carbonyl (C=O) groups excluding carboxylic acids is 1. The quantitative estimate of drug-likeness (QED) is 0.820. The number of aromatic amines is 1. The Balaban J connectivity index is 2.41. The molecule has 0 radical (unpaired) electrons. The second-order valence-electron chi connectivity index (χ2n) is 4.17. The number of hydrogen-bond donors (Lipinski definition) is 1. The first-order valence-corrected chi connectivity index (χ1v) is 5.78. The molecule has 0 aliphatic heterocycles. The van der Waals surface area contributed by atoms with Gasteiger partial charge < -0.3 is 4.98 Å². The number of nitrogens with one attached hydrogen (secondary N) is 1. The normalized spacial score (nSPS) is 10.5. The lowest BCUT2D eigenvalue weighted by atomic mass is 10.1. The minimum Gasteiger partial charge on any atom is -0.339 e. The van der Waals surface area contributed by atoms with Crippen molar-refractivity contribution in [3.63, 3.8) is 0 Å². The predicted octanol–water partition coefficient (Wildman–Crippen LogP) is 3.15. The highest BCUT2D eigenvalue weighted by Gasteiger charge is 2.11. The van der Waals surface area contributed by atoms with Crippen molar-refractivity contribution >= 4 is 5.78 Å². The molecular formula is C14H16N2O. The largest absolute Gasteiger partial charge is 0.339 e. The Morgan fingerprint density at radius 3 is 2.41 bits per heavy atom. The molecule has 1 N–H and O–H groups in total. The molecule has 0 atom stereocenters. The van der Waals surface area contributed by atoms with Crippen LogP contribution in [0.3, 0.4) is 0 Å². The average molecular weight is 228 g/mol. The molecule has 0 spiro atoms. The summed E-state index contributed by atoms with van der Waals surface area (Å²) in [5, 5.41) is 0. The van der Waals surface area contributed by atoms with E-state index in [0.29, 0.717) is 5.82 Å². The lowest BCUT2D eigenvalue weighted by Gasteiger charge is -2.00.